The fourth-order valence-corrected chi connectivity index (χ4v) is 2.46. The quantitative estimate of drug-likeness (QED) is 0.797. The van der Waals surface area contributed by atoms with Gasteiger partial charge in [0.2, 0.25) is 0 Å². The molecule has 0 unspecified atom stereocenters. The molecule has 0 bridgehead atoms. The summed E-state index contributed by atoms with van der Waals surface area (Å²) in [7, 11) is 0. The van der Waals surface area contributed by atoms with E-state index in [9.17, 15) is 9.18 Å². The van der Waals surface area contributed by atoms with Crippen LogP contribution in [0.2, 0.25) is 0 Å². The lowest BCUT2D eigenvalue weighted by atomic mass is 10.2. The first-order chi connectivity index (χ1) is 9.74. The summed E-state index contributed by atoms with van der Waals surface area (Å²) >= 11 is 1.45. The van der Waals surface area contributed by atoms with E-state index in [1.807, 2.05) is 17.5 Å². The maximum absolute atomic E-state index is 13.1. The van der Waals surface area contributed by atoms with Gasteiger partial charge < -0.3 is 9.73 Å². The van der Waals surface area contributed by atoms with Gasteiger partial charge in [-0.3, -0.25) is 4.79 Å². The molecule has 2 heterocycles. The van der Waals surface area contributed by atoms with Gasteiger partial charge in [0.1, 0.15) is 5.82 Å². The van der Waals surface area contributed by atoms with E-state index in [1.54, 1.807) is 6.07 Å². The summed E-state index contributed by atoms with van der Waals surface area (Å²) in [5, 5.41) is 4.47. The maximum Gasteiger partial charge on any atom is 0.278 e. The number of anilines is 1. The number of hydrogen-bond acceptors (Lipinski definition) is 4. The van der Waals surface area contributed by atoms with Gasteiger partial charge in [-0.15, -0.1) is 11.3 Å². The Morgan fingerprint density at radius 2 is 2.20 bits per heavy atom. The molecule has 3 aromatic rings. The first kappa shape index (κ1) is 12.6. The van der Waals surface area contributed by atoms with Crippen molar-refractivity contribution in [3.05, 3.63) is 59.7 Å². The van der Waals surface area contributed by atoms with E-state index in [1.165, 1.54) is 35.9 Å². The number of rotatable bonds is 3. The van der Waals surface area contributed by atoms with Crippen LogP contribution in [-0.2, 0) is 0 Å². The van der Waals surface area contributed by atoms with Crippen molar-refractivity contribution in [3.63, 3.8) is 0 Å². The smallest absolute Gasteiger partial charge is 0.278 e. The van der Waals surface area contributed by atoms with Gasteiger partial charge in [-0.1, -0.05) is 12.1 Å². The van der Waals surface area contributed by atoms with Gasteiger partial charge in [0, 0.05) is 5.69 Å². The minimum atomic E-state index is -0.437. The van der Waals surface area contributed by atoms with Crippen molar-refractivity contribution in [2.24, 2.45) is 0 Å². The number of oxazole rings is 1. The molecule has 100 valence electrons. The monoisotopic (exact) mass is 288 g/mol. The van der Waals surface area contributed by atoms with Gasteiger partial charge in [0.05, 0.1) is 4.88 Å². The van der Waals surface area contributed by atoms with Crippen LogP contribution in [0.4, 0.5) is 10.1 Å². The van der Waals surface area contributed by atoms with Crippen molar-refractivity contribution in [1.82, 2.24) is 4.98 Å². The summed E-state index contributed by atoms with van der Waals surface area (Å²) in [5.41, 5.74) is 0.548. The number of carbonyl (C=O) groups excluding carboxylic acids is 1. The SMILES string of the molecule is O=C(Nc1cccc(F)c1)c1ncoc1-c1cccs1. The number of amides is 1. The zero-order chi connectivity index (χ0) is 13.9. The van der Waals surface area contributed by atoms with Crippen LogP contribution in [0.15, 0.2) is 52.6 Å². The van der Waals surface area contributed by atoms with E-state index in [0.717, 1.165) is 4.88 Å². The highest BCUT2D eigenvalue weighted by molar-refractivity contribution is 7.13. The Bertz CT molecular complexity index is 737. The Hall–Kier alpha value is -2.47. The van der Waals surface area contributed by atoms with Crippen LogP contribution >= 0.6 is 11.3 Å². The molecule has 1 N–H and O–H groups in total. The standard InChI is InChI=1S/C14H9FN2O2S/c15-9-3-1-4-10(7-9)17-14(18)12-13(19-8-16-12)11-5-2-6-20-11/h1-8H,(H,17,18). The molecule has 0 atom stereocenters. The largest absolute Gasteiger partial charge is 0.442 e. The zero-order valence-corrected chi connectivity index (χ0v) is 11.0. The predicted molar refractivity (Wildman–Crippen MR) is 74.2 cm³/mol. The lowest BCUT2D eigenvalue weighted by molar-refractivity contribution is 0.102. The number of halogens is 1. The maximum atomic E-state index is 13.1. The third-order valence-corrected chi connectivity index (χ3v) is 3.48. The van der Waals surface area contributed by atoms with E-state index in [-0.39, 0.29) is 5.69 Å². The number of nitrogens with zero attached hydrogens (tertiary/aromatic N) is 1. The molecule has 20 heavy (non-hydrogen) atoms. The second kappa shape index (κ2) is 5.26. The summed E-state index contributed by atoms with van der Waals surface area (Å²) in [6.45, 7) is 0. The van der Waals surface area contributed by atoms with Crippen LogP contribution in [0.1, 0.15) is 10.5 Å². The molecule has 2 aromatic heterocycles. The van der Waals surface area contributed by atoms with Crippen molar-refractivity contribution < 1.29 is 13.6 Å². The molecule has 0 aliphatic rings. The molecular formula is C14H9FN2O2S. The molecule has 3 rings (SSSR count). The van der Waals surface area contributed by atoms with E-state index in [0.29, 0.717) is 11.4 Å². The Labute approximate surface area is 117 Å². The average molecular weight is 288 g/mol. The molecule has 0 radical (unpaired) electrons. The molecule has 0 spiro atoms. The minimum absolute atomic E-state index is 0.178. The first-order valence-corrected chi connectivity index (χ1v) is 6.66. The van der Waals surface area contributed by atoms with Gasteiger partial charge in [-0.05, 0) is 29.6 Å². The van der Waals surface area contributed by atoms with Crippen molar-refractivity contribution in [2.45, 2.75) is 0 Å². The molecule has 6 heteroatoms. The summed E-state index contributed by atoms with van der Waals surface area (Å²) in [5.74, 6) is -0.442. The molecule has 0 aliphatic heterocycles. The highest BCUT2D eigenvalue weighted by atomic mass is 32.1. The Balaban J connectivity index is 1.87. The van der Waals surface area contributed by atoms with Crippen LogP contribution in [0.3, 0.4) is 0 Å². The Morgan fingerprint density at radius 3 is 2.95 bits per heavy atom. The molecular weight excluding hydrogens is 279 g/mol. The second-order valence-electron chi connectivity index (χ2n) is 3.97. The molecule has 1 amide bonds. The number of benzene rings is 1. The van der Waals surface area contributed by atoms with Crippen LogP contribution in [0.25, 0.3) is 10.6 Å². The average Bonchev–Trinajstić information content (AvgIpc) is 3.09. The van der Waals surface area contributed by atoms with E-state index >= 15 is 0 Å². The zero-order valence-electron chi connectivity index (χ0n) is 10.2. The van der Waals surface area contributed by atoms with Gasteiger partial charge >= 0.3 is 0 Å². The van der Waals surface area contributed by atoms with Crippen molar-refractivity contribution in [2.75, 3.05) is 5.32 Å². The third-order valence-electron chi connectivity index (χ3n) is 2.61. The molecule has 1 aromatic carbocycles. The first-order valence-electron chi connectivity index (χ1n) is 5.78. The third kappa shape index (κ3) is 2.46. The molecule has 0 saturated carbocycles. The lowest BCUT2D eigenvalue weighted by Crippen LogP contribution is -2.13. The van der Waals surface area contributed by atoms with Crippen LogP contribution < -0.4 is 5.32 Å². The van der Waals surface area contributed by atoms with Crippen LogP contribution in [-0.4, -0.2) is 10.9 Å². The lowest BCUT2D eigenvalue weighted by Gasteiger charge is -2.03. The van der Waals surface area contributed by atoms with Gasteiger partial charge in [-0.25, -0.2) is 9.37 Å². The topological polar surface area (TPSA) is 55.1 Å². The predicted octanol–water partition coefficient (Wildman–Crippen LogP) is 3.79. The molecule has 0 aliphatic carbocycles. The normalized spacial score (nSPS) is 10.4. The second-order valence-corrected chi connectivity index (χ2v) is 4.92. The van der Waals surface area contributed by atoms with Crippen LogP contribution in [0.5, 0.6) is 0 Å². The molecule has 4 nitrogen and oxygen atoms in total. The van der Waals surface area contributed by atoms with Gasteiger partial charge in [-0.2, -0.15) is 0 Å². The van der Waals surface area contributed by atoms with E-state index in [4.69, 9.17) is 4.42 Å². The highest BCUT2D eigenvalue weighted by Crippen LogP contribution is 2.28. The number of nitrogens with one attached hydrogen (secondary N) is 1. The van der Waals surface area contributed by atoms with E-state index in [2.05, 4.69) is 10.3 Å². The van der Waals surface area contributed by atoms with Gasteiger partial charge in [0.15, 0.2) is 17.8 Å². The number of aromatic nitrogens is 1. The van der Waals surface area contributed by atoms with Crippen molar-refractivity contribution in [1.29, 1.82) is 0 Å². The molecule has 0 saturated heterocycles. The minimum Gasteiger partial charge on any atom is -0.442 e. The number of hydrogen-bond donors (Lipinski definition) is 1. The number of carbonyl (C=O) groups is 1. The number of thiophene rings is 1. The van der Waals surface area contributed by atoms with Crippen molar-refractivity contribution in [3.8, 4) is 10.6 Å². The van der Waals surface area contributed by atoms with Gasteiger partial charge in [0.25, 0.3) is 5.91 Å². The summed E-state index contributed by atoms with van der Waals surface area (Å²) in [6.07, 6.45) is 1.22. The highest BCUT2D eigenvalue weighted by Gasteiger charge is 2.19. The van der Waals surface area contributed by atoms with Crippen molar-refractivity contribution >= 4 is 22.9 Å². The summed E-state index contributed by atoms with van der Waals surface area (Å²) in [6, 6.07) is 9.37. The Morgan fingerprint density at radius 1 is 1.30 bits per heavy atom. The Kier molecular flexibility index (Phi) is 3.30. The fourth-order valence-electron chi connectivity index (χ4n) is 1.75. The van der Waals surface area contributed by atoms with Crippen LogP contribution in [0, 0.1) is 5.82 Å². The fraction of sp³-hybridized carbons (Fsp3) is 0. The van der Waals surface area contributed by atoms with E-state index < -0.39 is 11.7 Å². The molecule has 0 fully saturated rings. The summed E-state index contributed by atoms with van der Waals surface area (Å²) < 4.78 is 18.3. The summed E-state index contributed by atoms with van der Waals surface area (Å²) in [4.78, 5) is 16.9.